The second-order valence-electron chi connectivity index (χ2n) is 7.94. The van der Waals surface area contributed by atoms with Crippen molar-refractivity contribution in [2.24, 2.45) is 0 Å². The Morgan fingerprint density at radius 2 is 1.71 bits per heavy atom. The van der Waals surface area contributed by atoms with Crippen LogP contribution in [0.3, 0.4) is 0 Å². The van der Waals surface area contributed by atoms with Crippen LogP contribution in [0.25, 0.3) is 0 Å². The molecule has 0 bridgehead atoms. The standard InChI is InChI=1S/C25H23F6N3O4/c1-15-19(32-9-8-20(15)38-14-24(26,27)28)13-37-21-7-6-16(10-22(21)36-2)12-33-23(35)34-18-5-3-4-17(11-18)25(29,30)31/h3-11H,12-14H2,1-2H3,(H2,33,34,35). The SMILES string of the molecule is COc1cc(CNC(=O)Nc2cccc(C(F)(F)F)c2)ccc1OCc1nccc(OCC(F)(F)F)c1C. The zero-order chi connectivity index (χ0) is 27.9. The summed E-state index contributed by atoms with van der Waals surface area (Å²) in [6.45, 7) is 0.0797. The molecule has 2 amide bonds. The van der Waals surface area contributed by atoms with Crippen molar-refractivity contribution in [1.29, 1.82) is 0 Å². The van der Waals surface area contributed by atoms with Crippen LogP contribution in [0.1, 0.15) is 22.4 Å². The number of halogens is 6. The molecule has 1 aromatic heterocycles. The van der Waals surface area contributed by atoms with Gasteiger partial charge in [-0.3, -0.25) is 4.98 Å². The largest absolute Gasteiger partial charge is 0.493 e. The highest BCUT2D eigenvalue weighted by Crippen LogP contribution is 2.31. The van der Waals surface area contributed by atoms with Crippen LogP contribution in [-0.4, -0.2) is 30.9 Å². The van der Waals surface area contributed by atoms with Crippen molar-refractivity contribution >= 4 is 11.7 Å². The van der Waals surface area contributed by atoms with Gasteiger partial charge < -0.3 is 24.8 Å². The number of carbonyl (C=O) groups excluding carboxylic acids is 1. The number of ether oxygens (including phenoxy) is 3. The van der Waals surface area contributed by atoms with Crippen LogP contribution in [0.4, 0.5) is 36.8 Å². The molecule has 0 radical (unpaired) electrons. The number of anilines is 1. The molecule has 0 aliphatic heterocycles. The number of benzene rings is 2. The first-order valence-corrected chi connectivity index (χ1v) is 11.0. The van der Waals surface area contributed by atoms with E-state index in [0.717, 1.165) is 12.1 Å². The maximum atomic E-state index is 12.8. The van der Waals surface area contributed by atoms with Crippen LogP contribution in [0.15, 0.2) is 54.7 Å². The lowest BCUT2D eigenvalue weighted by molar-refractivity contribution is -0.153. The molecule has 13 heteroatoms. The van der Waals surface area contributed by atoms with Crippen LogP contribution < -0.4 is 24.8 Å². The van der Waals surface area contributed by atoms with E-state index in [1.54, 1.807) is 25.1 Å². The second-order valence-corrected chi connectivity index (χ2v) is 7.94. The molecular formula is C25H23F6N3O4. The number of alkyl halides is 6. The van der Waals surface area contributed by atoms with Crippen LogP contribution in [0, 0.1) is 6.92 Å². The summed E-state index contributed by atoms with van der Waals surface area (Å²) in [6, 6.07) is 9.64. The average molecular weight is 543 g/mol. The number of rotatable bonds is 9. The van der Waals surface area contributed by atoms with Crippen molar-refractivity contribution in [3.63, 3.8) is 0 Å². The summed E-state index contributed by atoms with van der Waals surface area (Å²) in [5.74, 6) is 0.657. The lowest BCUT2D eigenvalue weighted by Gasteiger charge is -2.15. The normalized spacial score (nSPS) is 11.6. The zero-order valence-corrected chi connectivity index (χ0v) is 20.2. The number of carbonyl (C=O) groups is 1. The highest BCUT2D eigenvalue weighted by atomic mass is 19.4. The van der Waals surface area contributed by atoms with E-state index in [0.29, 0.717) is 28.3 Å². The Kier molecular flexibility index (Phi) is 8.92. The van der Waals surface area contributed by atoms with Gasteiger partial charge in [0, 0.05) is 24.0 Å². The number of hydrogen-bond donors (Lipinski definition) is 2. The number of amides is 2. The van der Waals surface area contributed by atoms with Gasteiger partial charge in [0.2, 0.25) is 0 Å². The van der Waals surface area contributed by atoms with Gasteiger partial charge in [-0.15, -0.1) is 0 Å². The Morgan fingerprint density at radius 3 is 2.39 bits per heavy atom. The molecule has 0 unspecified atom stereocenters. The Morgan fingerprint density at radius 1 is 0.947 bits per heavy atom. The summed E-state index contributed by atoms with van der Waals surface area (Å²) in [7, 11) is 1.40. The maximum absolute atomic E-state index is 12.8. The summed E-state index contributed by atoms with van der Waals surface area (Å²) in [5.41, 5.74) is 0.453. The Balaban J connectivity index is 1.59. The van der Waals surface area contributed by atoms with E-state index >= 15 is 0 Å². The molecule has 0 saturated heterocycles. The fourth-order valence-electron chi connectivity index (χ4n) is 3.24. The summed E-state index contributed by atoms with van der Waals surface area (Å²) in [5, 5.41) is 4.88. The molecule has 0 atom stereocenters. The van der Waals surface area contributed by atoms with Crippen molar-refractivity contribution in [2.75, 3.05) is 19.0 Å². The lowest BCUT2D eigenvalue weighted by atomic mass is 10.2. The number of aromatic nitrogens is 1. The summed E-state index contributed by atoms with van der Waals surface area (Å²) >= 11 is 0. The number of hydrogen-bond acceptors (Lipinski definition) is 5. The molecule has 7 nitrogen and oxygen atoms in total. The van der Waals surface area contributed by atoms with E-state index in [2.05, 4.69) is 15.6 Å². The van der Waals surface area contributed by atoms with E-state index in [9.17, 15) is 31.1 Å². The number of methoxy groups -OCH3 is 1. The molecule has 2 aromatic carbocycles. The molecule has 0 fully saturated rings. The van der Waals surface area contributed by atoms with Gasteiger partial charge in [0.15, 0.2) is 18.1 Å². The van der Waals surface area contributed by atoms with Crippen molar-refractivity contribution in [3.05, 3.63) is 77.1 Å². The number of nitrogens with one attached hydrogen (secondary N) is 2. The molecule has 38 heavy (non-hydrogen) atoms. The summed E-state index contributed by atoms with van der Waals surface area (Å²) in [4.78, 5) is 16.3. The van der Waals surface area contributed by atoms with Crippen molar-refractivity contribution in [2.45, 2.75) is 32.4 Å². The van der Waals surface area contributed by atoms with Gasteiger partial charge in [0.25, 0.3) is 0 Å². The topological polar surface area (TPSA) is 81.7 Å². The third-order valence-electron chi connectivity index (χ3n) is 5.14. The molecule has 3 aromatic rings. The van der Waals surface area contributed by atoms with Gasteiger partial charge in [-0.2, -0.15) is 26.3 Å². The fourth-order valence-corrected chi connectivity index (χ4v) is 3.24. The predicted octanol–water partition coefficient (Wildman–Crippen LogP) is 6.26. The Hall–Kier alpha value is -4.16. The van der Waals surface area contributed by atoms with E-state index in [-0.39, 0.29) is 24.6 Å². The second kappa shape index (κ2) is 11.9. The molecule has 1 heterocycles. The van der Waals surface area contributed by atoms with E-state index in [4.69, 9.17) is 14.2 Å². The monoisotopic (exact) mass is 543 g/mol. The Labute approximate surface area is 213 Å². The third-order valence-corrected chi connectivity index (χ3v) is 5.14. The molecule has 0 saturated carbocycles. The van der Waals surface area contributed by atoms with E-state index in [1.807, 2.05) is 0 Å². The van der Waals surface area contributed by atoms with Gasteiger partial charge in [0.1, 0.15) is 12.4 Å². The quantitative estimate of drug-likeness (QED) is 0.312. The summed E-state index contributed by atoms with van der Waals surface area (Å²) in [6.07, 6.45) is -7.70. The first-order chi connectivity index (χ1) is 17.9. The van der Waals surface area contributed by atoms with E-state index in [1.165, 1.54) is 31.5 Å². The zero-order valence-electron chi connectivity index (χ0n) is 20.2. The maximum Gasteiger partial charge on any atom is 0.422 e. The molecule has 204 valence electrons. The van der Waals surface area contributed by atoms with Crippen molar-refractivity contribution in [3.8, 4) is 17.2 Å². The lowest BCUT2D eigenvalue weighted by Crippen LogP contribution is -2.28. The van der Waals surface area contributed by atoms with Gasteiger partial charge in [0.05, 0.1) is 18.4 Å². The number of pyridine rings is 1. The van der Waals surface area contributed by atoms with Gasteiger partial charge in [-0.25, -0.2) is 4.79 Å². The molecular weight excluding hydrogens is 520 g/mol. The van der Waals surface area contributed by atoms with E-state index < -0.39 is 30.6 Å². The number of urea groups is 1. The van der Waals surface area contributed by atoms with Crippen LogP contribution in [0.2, 0.25) is 0 Å². The molecule has 0 aliphatic carbocycles. The minimum absolute atomic E-state index is 0.0181. The van der Waals surface area contributed by atoms with Crippen LogP contribution in [0.5, 0.6) is 17.2 Å². The first kappa shape index (κ1) is 28.4. The highest BCUT2D eigenvalue weighted by Gasteiger charge is 2.30. The van der Waals surface area contributed by atoms with Gasteiger partial charge in [-0.05, 0) is 48.9 Å². The first-order valence-electron chi connectivity index (χ1n) is 11.0. The van der Waals surface area contributed by atoms with Crippen LogP contribution >= 0.6 is 0 Å². The van der Waals surface area contributed by atoms with Crippen molar-refractivity contribution in [1.82, 2.24) is 10.3 Å². The van der Waals surface area contributed by atoms with Crippen molar-refractivity contribution < 1.29 is 45.3 Å². The minimum Gasteiger partial charge on any atom is -0.493 e. The van der Waals surface area contributed by atoms with Gasteiger partial charge >= 0.3 is 18.4 Å². The average Bonchev–Trinajstić information content (AvgIpc) is 2.85. The fraction of sp³-hybridized carbons (Fsp3) is 0.280. The highest BCUT2D eigenvalue weighted by molar-refractivity contribution is 5.89. The smallest absolute Gasteiger partial charge is 0.422 e. The number of nitrogens with zero attached hydrogens (tertiary/aromatic N) is 1. The van der Waals surface area contributed by atoms with Gasteiger partial charge in [-0.1, -0.05) is 12.1 Å². The molecule has 2 N–H and O–H groups in total. The minimum atomic E-state index is -4.53. The third kappa shape index (κ3) is 8.18. The molecule has 3 rings (SSSR count). The summed E-state index contributed by atoms with van der Waals surface area (Å²) < 4.78 is 91.8. The molecule has 0 spiro atoms. The Bertz CT molecular complexity index is 1260. The molecule has 0 aliphatic rings. The predicted molar refractivity (Wildman–Crippen MR) is 125 cm³/mol. The van der Waals surface area contributed by atoms with Crippen LogP contribution in [-0.2, 0) is 19.3 Å².